The molecule has 0 bridgehead atoms. The zero-order chi connectivity index (χ0) is 18.2. The van der Waals surface area contributed by atoms with E-state index in [0.29, 0.717) is 19.1 Å². The molecule has 1 aromatic carbocycles. The molecule has 0 aromatic heterocycles. The molecule has 1 aromatic rings. The quantitative estimate of drug-likeness (QED) is 0.624. The van der Waals surface area contributed by atoms with Gasteiger partial charge in [-0.1, -0.05) is 6.92 Å². The lowest BCUT2D eigenvalue weighted by Crippen LogP contribution is -2.40. The van der Waals surface area contributed by atoms with Gasteiger partial charge in [0.25, 0.3) is 0 Å². The Kier molecular flexibility index (Phi) is 7.00. The lowest BCUT2D eigenvalue weighted by Gasteiger charge is -2.32. The minimum absolute atomic E-state index is 0.695. The number of anilines is 1. The molecule has 1 saturated heterocycles. The molecule has 2 aliphatic rings. The van der Waals surface area contributed by atoms with Gasteiger partial charge in [0.05, 0.1) is 13.2 Å². The molecule has 26 heavy (non-hydrogen) atoms. The van der Waals surface area contributed by atoms with Gasteiger partial charge < -0.3 is 25.0 Å². The lowest BCUT2D eigenvalue weighted by atomic mass is 9.97. The highest BCUT2D eigenvalue weighted by Gasteiger charge is 2.19. The molecule has 2 heterocycles. The number of ether oxygens (including phenoxy) is 2. The molecule has 2 N–H and O–H groups in total. The highest BCUT2D eigenvalue weighted by Crippen LogP contribution is 2.32. The first kappa shape index (κ1) is 18.8. The molecule has 0 spiro atoms. The highest BCUT2D eigenvalue weighted by atomic mass is 16.5. The number of guanidine groups is 1. The van der Waals surface area contributed by atoms with E-state index in [1.54, 1.807) is 0 Å². The van der Waals surface area contributed by atoms with Gasteiger partial charge in [0.2, 0.25) is 0 Å². The van der Waals surface area contributed by atoms with Crippen molar-refractivity contribution in [2.24, 2.45) is 10.9 Å². The lowest BCUT2D eigenvalue weighted by molar-refractivity contribution is 0.185. The number of nitrogens with zero attached hydrogens (tertiary/aromatic N) is 2. The van der Waals surface area contributed by atoms with Gasteiger partial charge in [-0.25, -0.2) is 0 Å². The van der Waals surface area contributed by atoms with Gasteiger partial charge in [-0.3, -0.25) is 4.99 Å². The third kappa shape index (κ3) is 5.27. The fourth-order valence-corrected chi connectivity index (χ4v) is 3.53. The molecule has 2 aliphatic heterocycles. The Morgan fingerprint density at radius 3 is 2.69 bits per heavy atom. The highest BCUT2D eigenvalue weighted by molar-refractivity contribution is 5.93. The van der Waals surface area contributed by atoms with Crippen LogP contribution in [0.1, 0.15) is 32.6 Å². The molecule has 3 rings (SSSR count). The zero-order valence-corrected chi connectivity index (χ0v) is 16.1. The van der Waals surface area contributed by atoms with Crippen LogP contribution in [-0.4, -0.2) is 57.3 Å². The van der Waals surface area contributed by atoms with Crippen molar-refractivity contribution in [3.05, 3.63) is 18.2 Å². The van der Waals surface area contributed by atoms with Crippen LogP contribution in [0, 0.1) is 5.92 Å². The Labute approximate surface area is 157 Å². The van der Waals surface area contributed by atoms with Crippen LogP contribution in [-0.2, 0) is 0 Å². The van der Waals surface area contributed by atoms with Crippen molar-refractivity contribution >= 4 is 11.6 Å². The fourth-order valence-electron chi connectivity index (χ4n) is 3.53. The molecule has 0 saturated carbocycles. The van der Waals surface area contributed by atoms with Crippen molar-refractivity contribution in [2.45, 2.75) is 32.6 Å². The van der Waals surface area contributed by atoms with Crippen LogP contribution in [0.25, 0.3) is 0 Å². The molecule has 0 aliphatic carbocycles. The molecule has 0 atom stereocenters. The van der Waals surface area contributed by atoms with E-state index in [1.807, 2.05) is 25.2 Å². The Bertz CT molecular complexity index is 597. The standard InChI is InChI=1S/C20H32N4O2/c1-3-9-24-10-7-16(8-11-24)15-22-20(21-2)23-17-5-6-18-19(14-17)26-13-4-12-25-18/h5-6,14,16H,3-4,7-13,15H2,1-2H3,(H2,21,22,23). The van der Waals surface area contributed by atoms with Gasteiger partial charge in [0, 0.05) is 31.8 Å². The SMILES string of the molecule is CCCN1CCC(CNC(=NC)Nc2ccc3c(c2)OCCCO3)CC1. The van der Waals surface area contributed by atoms with Gasteiger partial charge in [0.15, 0.2) is 17.5 Å². The summed E-state index contributed by atoms with van der Waals surface area (Å²) in [5.74, 6) is 3.13. The first-order valence-electron chi connectivity index (χ1n) is 9.88. The van der Waals surface area contributed by atoms with E-state index in [9.17, 15) is 0 Å². The largest absolute Gasteiger partial charge is 0.490 e. The Balaban J connectivity index is 1.48. The summed E-state index contributed by atoms with van der Waals surface area (Å²) in [6.45, 7) is 8.28. The number of rotatable bonds is 5. The van der Waals surface area contributed by atoms with Gasteiger partial charge >= 0.3 is 0 Å². The summed E-state index contributed by atoms with van der Waals surface area (Å²) in [6, 6.07) is 5.94. The van der Waals surface area contributed by atoms with Crippen molar-refractivity contribution in [2.75, 3.05) is 51.8 Å². The van der Waals surface area contributed by atoms with Crippen LogP contribution in [0.4, 0.5) is 5.69 Å². The molecule has 144 valence electrons. The van der Waals surface area contributed by atoms with Crippen LogP contribution >= 0.6 is 0 Å². The van der Waals surface area contributed by atoms with E-state index < -0.39 is 0 Å². The number of likely N-dealkylation sites (tertiary alicyclic amines) is 1. The maximum absolute atomic E-state index is 5.76. The average molecular weight is 361 g/mol. The number of aliphatic imine (C=N–C) groups is 1. The topological polar surface area (TPSA) is 58.1 Å². The first-order chi connectivity index (χ1) is 12.8. The Hall–Kier alpha value is -1.95. The smallest absolute Gasteiger partial charge is 0.195 e. The fraction of sp³-hybridized carbons (Fsp3) is 0.650. The molecule has 0 amide bonds. The van der Waals surface area contributed by atoms with Crippen LogP contribution in [0.3, 0.4) is 0 Å². The second-order valence-electron chi connectivity index (χ2n) is 7.08. The Morgan fingerprint density at radius 1 is 1.19 bits per heavy atom. The minimum atomic E-state index is 0.695. The van der Waals surface area contributed by atoms with Crippen molar-refractivity contribution in [3.8, 4) is 11.5 Å². The summed E-state index contributed by atoms with van der Waals surface area (Å²) in [6.07, 6.45) is 4.68. The van der Waals surface area contributed by atoms with Gasteiger partial charge in [-0.15, -0.1) is 0 Å². The van der Waals surface area contributed by atoms with Crippen molar-refractivity contribution in [3.63, 3.8) is 0 Å². The number of nitrogens with one attached hydrogen (secondary N) is 2. The predicted octanol–water partition coefficient (Wildman–Crippen LogP) is 2.96. The van der Waals surface area contributed by atoms with Crippen LogP contribution in [0.15, 0.2) is 23.2 Å². The predicted molar refractivity (Wildman–Crippen MR) is 106 cm³/mol. The third-order valence-corrected chi connectivity index (χ3v) is 5.04. The number of hydrogen-bond acceptors (Lipinski definition) is 4. The molecule has 1 fully saturated rings. The Morgan fingerprint density at radius 2 is 1.96 bits per heavy atom. The van der Waals surface area contributed by atoms with E-state index in [2.05, 4.69) is 27.4 Å². The summed E-state index contributed by atoms with van der Waals surface area (Å²) in [4.78, 5) is 6.93. The number of fused-ring (bicyclic) bond motifs is 1. The van der Waals surface area contributed by atoms with E-state index >= 15 is 0 Å². The third-order valence-electron chi connectivity index (χ3n) is 5.04. The minimum Gasteiger partial charge on any atom is -0.490 e. The summed E-state index contributed by atoms with van der Waals surface area (Å²) >= 11 is 0. The molecule has 6 heteroatoms. The first-order valence-corrected chi connectivity index (χ1v) is 9.88. The van der Waals surface area contributed by atoms with E-state index in [4.69, 9.17) is 9.47 Å². The average Bonchev–Trinajstić information content (AvgIpc) is 2.91. The van der Waals surface area contributed by atoms with E-state index in [0.717, 1.165) is 36.1 Å². The maximum Gasteiger partial charge on any atom is 0.195 e. The molecule has 0 radical (unpaired) electrons. The van der Waals surface area contributed by atoms with E-state index in [1.165, 1.54) is 38.9 Å². The van der Waals surface area contributed by atoms with E-state index in [-0.39, 0.29) is 0 Å². The van der Waals surface area contributed by atoms with Gasteiger partial charge in [-0.05, 0) is 56.9 Å². The van der Waals surface area contributed by atoms with Gasteiger partial charge in [0.1, 0.15) is 0 Å². The second kappa shape index (κ2) is 9.67. The van der Waals surface area contributed by atoms with Crippen LogP contribution in [0.2, 0.25) is 0 Å². The summed E-state index contributed by atoms with van der Waals surface area (Å²) < 4.78 is 11.4. The van der Waals surface area contributed by atoms with Crippen molar-refractivity contribution in [1.82, 2.24) is 10.2 Å². The second-order valence-corrected chi connectivity index (χ2v) is 7.08. The van der Waals surface area contributed by atoms with Gasteiger partial charge in [-0.2, -0.15) is 0 Å². The van der Waals surface area contributed by atoms with Crippen LogP contribution < -0.4 is 20.1 Å². The summed E-state index contributed by atoms with van der Waals surface area (Å²) in [5.41, 5.74) is 0.958. The molecule has 0 unspecified atom stereocenters. The normalized spacial score (nSPS) is 19.1. The number of hydrogen-bond donors (Lipinski definition) is 2. The zero-order valence-electron chi connectivity index (χ0n) is 16.1. The van der Waals surface area contributed by atoms with Crippen LogP contribution in [0.5, 0.6) is 11.5 Å². The summed E-state index contributed by atoms with van der Waals surface area (Å²) in [7, 11) is 1.81. The van der Waals surface area contributed by atoms with Crippen molar-refractivity contribution in [1.29, 1.82) is 0 Å². The maximum atomic E-state index is 5.76. The molecular formula is C20H32N4O2. The molecule has 6 nitrogen and oxygen atoms in total. The monoisotopic (exact) mass is 360 g/mol. The number of benzene rings is 1. The van der Waals surface area contributed by atoms with Crippen molar-refractivity contribution < 1.29 is 9.47 Å². The summed E-state index contributed by atoms with van der Waals surface area (Å²) in [5, 5.41) is 6.84. The molecular weight excluding hydrogens is 328 g/mol. The number of piperidine rings is 1.